The Morgan fingerprint density at radius 3 is 2.79 bits per heavy atom. The molecule has 3 N–H and O–H groups in total. The van der Waals surface area contributed by atoms with E-state index in [1.807, 2.05) is 10.8 Å². The Balaban J connectivity index is 1.97. The number of carbonyl (C=O) groups is 1. The van der Waals surface area contributed by atoms with Crippen molar-refractivity contribution in [3.63, 3.8) is 0 Å². The third-order valence-corrected chi connectivity index (χ3v) is 2.78. The number of aromatic nitrogens is 2. The van der Waals surface area contributed by atoms with E-state index < -0.39 is 0 Å². The molecule has 5 nitrogen and oxygen atoms in total. The number of rotatable bonds is 5. The van der Waals surface area contributed by atoms with Crippen LogP contribution in [0.4, 0.5) is 11.4 Å². The van der Waals surface area contributed by atoms with Gasteiger partial charge >= 0.3 is 0 Å². The van der Waals surface area contributed by atoms with Crippen molar-refractivity contribution in [1.29, 1.82) is 0 Å². The summed E-state index contributed by atoms with van der Waals surface area (Å²) in [6, 6.07) is 7.09. The number of imidazole rings is 1. The lowest BCUT2D eigenvalue weighted by molar-refractivity contribution is -0.116. The van der Waals surface area contributed by atoms with Crippen LogP contribution in [0.2, 0.25) is 0 Å². The number of hydrogen-bond acceptors (Lipinski definition) is 3. The molecule has 0 aliphatic heterocycles. The van der Waals surface area contributed by atoms with Gasteiger partial charge in [-0.15, -0.1) is 0 Å². The van der Waals surface area contributed by atoms with Gasteiger partial charge in [0.25, 0.3) is 0 Å². The van der Waals surface area contributed by atoms with Crippen molar-refractivity contribution in [2.24, 2.45) is 0 Å². The summed E-state index contributed by atoms with van der Waals surface area (Å²) in [6.07, 6.45) is 5.44. The number of nitrogens with one attached hydrogen (secondary N) is 1. The first-order chi connectivity index (χ1) is 9.19. The Morgan fingerprint density at radius 1 is 1.37 bits per heavy atom. The minimum atomic E-state index is -0.0693. The van der Waals surface area contributed by atoms with Crippen molar-refractivity contribution < 1.29 is 4.79 Å². The molecule has 100 valence electrons. The van der Waals surface area contributed by atoms with Crippen LogP contribution in [0.25, 0.3) is 0 Å². The highest BCUT2D eigenvalue weighted by molar-refractivity contribution is 5.90. The number of benzene rings is 1. The van der Waals surface area contributed by atoms with E-state index >= 15 is 0 Å². The maximum absolute atomic E-state index is 11.9. The van der Waals surface area contributed by atoms with E-state index in [9.17, 15) is 4.79 Å². The molecule has 0 saturated carbocycles. The first-order valence-corrected chi connectivity index (χ1v) is 6.34. The normalized spacial score (nSPS) is 10.4. The number of nitrogens with zero attached hydrogens (tertiary/aromatic N) is 2. The summed E-state index contributed by atoms with van der Waals surface area (Å²) >= 11 is 0. The van der Waals surface area contributed by atoms with Crippen LogP contribution in [0.1, 0.15) is 19.2 Å². The van der Waals surface area contributed by atoms with Gasteiger partial charge in [0.15, 0.2) is 0 Å². The third kappa shape index (κ3) is 3.58. The minimum Gasteiger partial charge on any atom is -0.399 e. The number of anilines is 2. The van der Waals surface area contributed by atoms with Crippen LogP contribution in [0.5, 0.6) is 0 Å². The zero-order chi connectivity index (χ0) is 13.7. The Bertz CT molecular complexity index is 545. The van der Waals surface area contributed by atoms with Gasteiger partial charge in [-0.05, 0) is 30.7 Å². The summed E-state index contributed by atoms with van der Waals surface area (Å²) < 4.78 is 1.87. The summed E-state index contributed by atoms with van der Waals surface area (Å²) in [5.41, 5.74) is 7.02. The molecule has 2 rings (SSSR count). The van der Waals surface area contributed by atoms with Gasteiger partial charge < -0.3 is 15.6 Å². The molecular formula is C14H18N4O. The van der Waals surface area contributed by atoms with E-state index in [1.165, 1.54) is 0 Å². The van der Waals surface area contributed by atoms with Crippen molar-refractivity contribution >= 4 is 17.3 Å². The maximum Gasteiger partial charge on any atom is 0.244 e. The predicted octanol–water partition coefficient (Wildman–Crippen LogP) is 2.06. The second-order valence-corrected chi connectivity index (χ2v) is 4.39. The molecule has 0 spiro atoms. The lowest BCUT2D eigenvalue weighted by atomic mass is 10.3. The highest BCUT2D eigenvalue weighted by Gasteiger charge is 2.07. The maximum atomic E-state index is 11.9. The molecule has 1 aromatic heterocycles. The number of carbonyl (C=O) groups excluding carboxylic acids is 1. The molecule has 0 unspecified atom stereocenters. The predicted molar refractivity (Wildman–Crippen MR) is 75.7 cm³/mol. The highest BCUT2D eigenvalue weighted by atomic mass is 16.1. The minimum absolute atomic E-state index is 0.0693. The van der Waals surface area contributed by atoms with Crippen LogP contribution in [-0.4, -0.2) is 15.5 Å². The van der Waals surface area contributed by atoms with Crippen LogP contribution in [-0.2, 0) is 17.8 Å². The van der Waals surface area contributed by atoms with E-state index in [0.717, 1.165) is 24.4 Å². The van der Waals surface area contributed by atoms with Gasteiger partial charge in [-0.2, -0.15) is 0 Å². The third-order valence-electron chi connectivity index (χ3n) is 2.78. The van der Waals surface area contributed by atoms with Gasteiger partial charge in [-0.3, -0.25) is 4.79 Å². The second kappa shape index (κ2) is 6.04. The first-order valence-electron chi connectivity index (χ1n) is 6.34. The Hall–Kier alpha value is -2.30. The fourth-order valence-corrected chi connectivity index (χ4v) is 1.86. The molecule has 0 radical (unpaired) electrons. The van der Waals surface area contributed by atoms with Gasteiger partial charge in [-0.1, -0.05) is 6.92 Å². The molecular weight excluding hydrogens is 240 g/mol. The average molecular weight is 258 g/mol. The summed E-state index contributed by atoms with van der Waals surface area (Å²) in [5, 5.41) is 2.83. The molecule has 2 aromatic rings. The average Bonchev–Trinajstić information content (AvgIpc) is 2.80. The van der Waals surface area contributed by atoms with Gasteiger partial charge in [0.1, 0.15) is 12.4 Å². The van der Waals surface area contributed by atoms with Crippen molar-refractivity contribution in [2.45, 2.75) is 26.3 Å². The highest BCUT2D eigenvalue weighted by Crippen LogP contribution is 2.10. The first kappa shape index (κ1) is 13.1. The molecule has 0 aliphatic rings. The molecule has 1 aromatic carbocycles. The topological polar surface area (TPSA) is 72.9 Å². The Kier molecular flexibility index (Phi) is 4.18. The van der Waals surface area contributed by atoms with Gasteiger partial charge in [0.05, 0.1) is 0 Å². The summed E-state index contributed by atoms with van der Waals surface area (Å²) in [4.78, 5) is 16.2. The Morgan fingerprint density at radius 2 is 2.11 bits per heavy atom. The lowest BCUT2D eigenvalue weighted by Gasteiger charge is -2.08. The number of hydrogen-bond donors (Lipinski definition) is 2. The molecule has 0 aliphatic carbocycles. The summed E-state index contributed by atoms with van der Waals surface area (Å²) in [5.74, 6) is 0.870. The van der Waals surface area contributed by atoms with Gasteiger partial charge in [-0.25, -0.2) is 4.98 Å². The zero-order valence-corrected chi connectivity index (χ0v) is 11.0. The molecule has 19 heavy (non-hydrogen) atoms. The number of nitrogen functional groups attached to an aromatic ring is 1. The second-order valence-electron chi connectivity index (χ2n) is 4.39. The van der Waals surface area contributed by atoms with Crippen molar-refractivity contribution in [3.05, 3.63) is 42.5 Å². The van der Waals surface area contributed by atoms with Crippen LogP contribution >= 0.6 is 0 Å². The Labute approximate surface area is 112 Å². The van der Waals surface area contributed by atoms with Crippen molar-refractivity contribution in [2.75, 3.05) is 11.1 Å². The summed E-state index contributed by atoms with van der Waals surface area (Å²) in [7, 11) is 0. The fraction of sp³-hybridized carbons (Fsp3) is 0.286. The number of aryl methyl sites for hydroxylation is 1. The standard InChI is InChI=1S/C14H18N4O/c1-2-3-13-16-8-9-18(13)10-14(19)17-12-6-4-11(15)5-7-12/h4-9H,2-3,10,15H2,1H3,(H,17,19). The van der Waals surface area contributed by atoms with Crippen LogP contribution in [0.3, 0.4) is 0 Å². The zero-order valence-electron chi connectivity index (χ0n) is 11.0. The van der Waals surface area contributed by atoms with Crippen LogP contribution in [0, 0.1) is 0 Å². The van der Waals surface area contributed by atoms with Gasteiger partial charge in [0.2, 0.25) is 5.91 Å². The van der Waals surface area contributed by atoms with Crippen LogP contribution in [0.15, 0.2) is 36.7 Å². The quantitative estimate of drug-likeness (QED) is 0.806. The number of amides is 1. The van der Waals surface area contributed by atoms with E-state index in [0.29, 0.717) is 5.69 Å². The van der Waals surface area contributed by atoms with E-state index in [1.54, 1.807) is 30.5 Å². The van der Waals surface area contributed by atoms with E-state index in [-0.39, 0.29) is 12.5 Å². The van der Waals surface area contributed by atoms with Gasteiger partial charge in [0, 0.05) is 30.2 Å². The molecule has 0 atom stereocenters. The van der Waals surface area contributed by atoms with E-state index in [4.69, 9.17) is 5.73 Å². The lowest BCUT2D eigenvalue weighted by Crippen LogP contribution is -2.19. The SMILES string of the molecule is CCCc1nccn1CC(=O)Nc1ccc(N)cc1. The molecule has 0 fully saturated rings. The molecule has 1 heterocycles. The smallest absolute Gasteiger partial charge is 0.244 e. The van der Waals surface area contributed by atoms with Crippen LogP contribution < -0.4 is 11.1 Å². The summed E-state index contributed by atoms with van der Waals surface area (Å²) in [6.45, 7) is 2.37. The van der Waals surface area contributed by atoms with Crippen molar-refractivity contribution in [3.8, 4) is 0 Å². The number of nitrogens with two attached hydrogens (primary N) is 1. The van der Waals surface area contributed by atoms with Crippen molar-refractivity contribution in [1.82, 2.24) is 9.55 Å². The molecule has 0 bridgehead atoms. The fourth-order valence-electron chi connectivity index (χ4n) is 1.86. The van der Waals surface area contributed by atoms with E-state index in [2.05, 4.69) is 17.2 Å². The molecule has 0 saturated heterocycles. The monoisotopic (exact) mass is 258 g/mol. The molecule has 5 heteroatoms. The molecule has 1 amide bonds. The largest absolute Gasteiger partial charge is 0.399 e.